The van der Waals surface area contributed by atoms with Crippen molar-refractivity contribution in [1.29, 1.82) is 0 Å². The van der Waals surface area contributed by atoms with Gasteiger partial charge in [0, 0.05) is 36.2 Å². The maximum atomic E-state index is 13.1. The van der Waals surface area contributed by atoms with Crippen LogP contribution in [0.2, 0.25) is 0 Å². The molecule has 2 aromatic carbocycles. The van der Waals surface area contributed by atoms with E-state index in [1.54, 1.807) is 54.9 Å². The van der Waals surface area contributed by atoms with E-state index in [-0.39, 0.29) is 18.4 Å². The minimum absolute atomic E-state index is 0.250. The molecular weight excluding hydrogens is 686 g/mol. The number of amides is 2. The summed E-state index contributed by atoms with van der Waals surface area (Å²) in [5.41, 5.74) is 6.19. The zero-order valence-electron chi connectivity index (χ0n) is 28.5. The van der Waals surface area contributed by atoms with Gasteiger partial charge in [0.2, 0.25) is 0 Å². The van der Waals surface area contributed by atoms with Gasteiger partial charge in [-0.05, 0) is 83.7 Å². The van der Waals surface area contributed by atoms with Crippen LogP contribution >= 0.6 is 0 Å². The highest BCUT2D eigenvalue weighted by atomic mass is 16.8. The number of rotatable bonds is 8. The molecule has 3 saturated heterocycles. The summed E-state index contributed by atoms with van der Waals surface area (Å²) >= 11 is 0. The summed E-state index contributed by atoms with van der Waals surface area (Å²) in [4.78, 5) is 43.5. The van der Waals surface area contributed by atoms with Gasteiger partial charge in [-0.2, -0.15) is 0 Å². The molecule has 15 heteroatoms. The first kappa shape index (κ1) is 33.7. The quantitative estimate of drug-likeness (QED) is 0.221. The maximum Gasteiger partial charge on any atom is 0.496 e. The molecule has 4 atom stereocenters. The Labute approximate surface area is 310 Å². The van der Waals surface area contributed by atoms with E-state index < -0.39 is 38.8 Å². The Morgan fingerprint density at radius 2 is 1.09 bits per heavy atom. The van der Waals surface area contributed by atoms with Crippen LogP contribution in [0.25, 0.3) is 22.8 Å². The van der Waals surface area contributed by atoms with Gasteiger partial charge in [0.15, 0.2) is 6.29 Å². The number of anilines is 2. The van der Waals surface area contributed by atoms with Crippen molar-refractivity contribution in [1.82, 2.24) is 19.9 Å². The number of nitrogens with one attached hydrogen (secondary N) is 2. The number of pyridine rings is 4. The summed E-state index contributed by atoms with van der Waals surface area (Å²) in [7, 11) is -1.48. The first-order valence-electron chi connectivity index (χ1n) is 17.3. The second kappa shape index (κ2) is 14.7. The molecule has 0 spiro atoms. The van der Waals surface area contributed by atoms with Crippen LogP contribution in [0, 0.1) is 0 Å². The van der Waals surface area contributed by atoms with Crippen molar-refractivity contribution < 1.29 is 32.9 Å². The summed E-state index contributed by atoms with van der Waals surface area (Å²) in [6.45, 7) is 0.250. The van der Waals surface area contributed by atoms with Crippen molar-refractivity contribution in [3.8, 4) is 22.8 Å². The molecule has 3 aliphatic heterocycles. The third kappa shape index (κ3) is 7.01. The SMILES string of the molecule is O=C(Nc1cccc(B2O[C@@H]3OC[C@H]4OB(c5cccc(NC(=O)c6ccc(-c7ccccn7)nc6)c5)O[C@H]4[C@@H]3O2)c1)c1ccc(-c2ccccn2)nc1. The Kier molecular flexibility index (Phi) is 9.20. The average molecular weight is 716 g/mol. The van der Waals surface area contributed by atoms with Gasteiger partial charge in [-0.3, -0.25) is 29.5 Å². The van der Waals surface area contributed by atoms with E-state index in [1.165, 1.54) is 12.4 Å². The standard InChI is InChI=1S/C39H30B2N6O7/c48-37(24-13-15-32(44-21-24)30-11-1-3-17-42-30)46-28-9-5-7-26(19-28)40-51-34-23-50-39-36(35(34)52-40)53-41(54-39)27-8-6-10-29(20-27)47-38(49)25-14-16-33(45-22-25)31-12-2-4-18-43-31/h1-22,34-36,39H,23H2,(H,46,48)(H,47,49)/t34-,35-,36+,39+/m1/s1. The molecule has 6 aromatic rings. The average Bonchev–Trinajstić information content (AvgIpc) is 3.87. The van der Waals surface area contributed by atoms with Crippen LogP contribution in [0.1, 0.15) is 20.7 Å². The zero-order chi connectivity index (χ0) is 36.4. The molecule has 264 valence electrons. The molecule has 13 nitrogen and oxygen atoms in total. The fourth-order valence-corrected chi connectivity index (χ4v) is 6.55. The van der Waals surface area contributed by atoms with E-state index in [2.05, 4.69) is 30.6 Å². The highest BCUT2D eigenvalue weighted by Crippen LogP contribution is 2.34. The van der Waals surface area contributed by atoms with E-state index in [9.17, 15) is 9.59 Å². The zero-order valence-corrected chi connectivity index (χ0v) is 28.5. The second-order valence-corrected chi connectivity index (χ2v) is 12.8. The highest BCUT2D eigenvalue weighted by Gasteiger charge is 2.56. The van der Waals surface area contributed by atoms with Gasteiger partial charge in [0.05, 0.1) is 52.7 Å². The Balaban J connectivity index is 0.824. The number of carbonyl (C=O) groups is 2. The minimum atomic E-state index is -0.761. The fourth-order valence-electron chi connectivity index (χ4n) is 6.55. The molecule has 9 rings (SSSR count). The van der Waals surface area contributed by atoms with Crippen LogP contribution in [0.3, 0.4) is 0 Å². The lowest BCUT2D eigenvalue weighted by Crippen LogP contribution is -2.50. The van der Waals surface area contributed by atoms with Gasteiger partial charge in [-0.1, -0.05) is 36.4 Å². The number of hydrogen-bond acceptors (Lipinski definition) is 11. The molecule has 0 radical (unpaired) electrons. The van der Waals surface area contributed by atoms with Crippen LogP contribution in [0.5, 0.6) is 0 Å². The van der Waals surface area contributed by atoms with Crippen molar-refractivity contribution in [2.24, 2.45) is 0 Å². The van der Waals surface area contributed by atoms with Gasteiger partial charge < -0.3 is 34.0 Å². The van der Waals surface area contributed by atoms with Crippen molar-refractivity contribution in [3.63, 3.8) is 0 Å². The molecule has 0 unspecified atom stereocenters. The van der Waals surface area contributed by atoms with Crippen LogP contribution in [0.15, 0.2) is 134 Å². The van der Waals surface area contributed by atoms with Crippen LogP contribution in [-0.2, 0) is 23.4 Å². The molecule has 0 saturated carbocycles. The summed E-state index contributed by atoms with van der Waals surface area (Å²) < 4.78 is 31.2. The van der Waals surface area contributed by atoms with E-state index in [1.807, 2.05) is 66.7 Å². The lowest BCUT2D eigenvalue weighted by Gasteiger charge is -2.32. The van der Waals surface area contributed by atoms with Gasteiger partial charge in [-0.25, -0.2) is 0 Å². The number of fused-ring (bicyclic) bond motifs is 3. The van der Waals surface area contributed by atoms with Gasteiger partial charge in [0.1, 0.15) is 6.10 Å². The molecule has 0 aliphatic carbocycles. The lowest BCUT2D eigenvalue weighted by molar-refractivity contribution is -0.177. The smallest absolute Gasteiger partial charge is 0.399 e. The van der Waals surface area contributed by atoms with Gasteiger partial charge in [-0.15, -0.1) is 0 Å². The van der Waals surface area contributed by atoms with Crippen molar-refractivity contribution in [3.05, 3.63) is 145 Å². The summed E-state index contributed by atoms with van der Waals surface area (Å²) in [5.74, 6) is -0.609. The molecule has 0 bridgehead atoms. The number of benzene rings is 2. The first-order valence-corrected chi connectivity index (χ1v) is 17.3. The van der Waals surface area contributed by atoms with Crippen LogP contribution < -0.4 is 21.6 Å². The fraction of sp³-hybridized carbons (Fsp3) is 0.128. The van der Waals surface area contributed by atoms with E-state index in [4.69, 9.17) is 23.4 Å². The number of ether oxygens (including phenoxy) is 1. The number of carbonyl (C=O) groups excluding carboxylic acids is 2. The highest BCUT2D eigenvalue weighted by molar-refractivity contribution is 6.62. The normalized spacial score (nSPS) is 20.2. The number of hydrogen-bond donors (Lipinski definition) is 2. The van der Waals surface area contributed by atoms with Crippen LogP contribution in [0.4, 0.5) is 11.4 Å². The maximum absolute atomic E-state index is 13.1. The van der Waals surface area contributed by atoms with Crippen LogP contribution in [-0.4, -0.2) is 77.2 Å². The molecule has 2 N–H and O–H groups in total. The molecule has 54 heavy (non-hydrogen) atoms. The Hall–Kier alpha value is -6.09. The summed E-state index contributed by atoms with van der Waals surface area (Å²) in [6, 6.07) is 32.7. The molecular formula is C39H30B2N6O7. The van der Waals surface area contributed by atoms with Gasteiger partial charge >= 0.3 is 14.2 Å². The first-order chi connectivity index (χ1) is 26.5. The minimum Gasteiger partial charge on any atom is -0.399 e. The third-order valence-electron chi connectivity index (χ3n) is 9.24. The Bertz CT molecular complexity index is 2130. The molecule has 4 aromatic heterocycles. The van der Waals surface area contributed by atoms with Crippen molar-refractivity contribution >= 4 is 48.4 Å². The Morgan fingerprint density at radius 1 is 0.556 bits per heavy atom. The summed E-state index contributed by atoms with van der Waals surface area (Å²) in [6.07, 6.45) is 4.34. The third-order valence-corrected chi connectivity index (χ3v) is 9.24. The topological polar surface area (TPSA) is 156 Å². The second-order valence-electron chi connectivity index (χ2n) is 12.8. The van der Waals surface area contributed by atoms with E-state index in [0.717, 1.165) is 16.9 Å². The monoisotopic (exact) mass is 716 g/mol. The molecule has 7 heterocycles. The van der Waals surface area contributed by atoms with E-state index in [0.29, 0.717) is 39.4 Å². The van der Waals surface area contributed by atoms with Crippen molar-refractivity contribution in [2.75, 3.05) is 17.2 Å². The predicted octanol–water partition coefficient (Wildman–Crippen LogP) is 3.75. The summed E-state index contributed by atoms with van der Waals surface area (Å²) in [5, 5.41) is 5.86. The predicted molar refractivity (Wildman–Crippen MR) is 200 cm³/mol. The molecule has 3 fully saturated rings. The van der Waals surface area contributed by atoms with E-state index >= 15 is 0 Å². The van der Waals surface area contributed by atoms with Gasteiger partial charge in [0.25, 0.3) is 11.8 Å². The molecule has 3 aliphatic rings. The number of nitrogens with zero attached hydrogens (tertiary/aromatic N) is 4. The molecule has 2 amide bonds. The largest absolute Gasteiger partial charge is 0.496 e. The Morgan fingerprint density at radius 3 is 1.61 bits per heavy atom. The number of aromatic nitrogens is 4. The lowest BCUT2D eigenvalue weighted by atomic mass is 9.79. The van der Waals surface area contributed by atoms with Crippen molar-refractivity contribution in [2.45, 2.75) is 24.6 Å².